The lowest BCUT2D eigenvalue weighted by Crippen LogP contribution is -2.42. The van der Waals surface area contributed by atoms with Crippen molar-refractivity contribution in [2.24, 2.45) is 0 Å². The summed E-state index contributed by atoms with van der Waals surface area (Å²) in [6.45, 7) is 7.60. The number of rotatable bonds is 4. The van der Waals surface area contributed by atoms with Crippen molar-refractivity contribution in [2.75, 3.05) is 0 Å². The van der Waals surface area contributed by atoms with Gasteiger partial charge in [-0.25, -0.2) is 13.1 Å². The first-order chi connectivity index (χ1) is 11.7. The van der Waals surface area contributed by atoms with Crippen molar-refractivity contribution in [3.05, 3.63) is 71.3 Å². The van der Waals surface area contributed by atoms with Crippen LogP contribution in [-0.2, 0) is 10.0 Å². The summed E-state index contributed by atoms with van der Waals surface area (Å²) in [5, 5.41) is 0.472. The molecule has 4 nitrogen and oxygen atoms in total. The Hall–Kier alpha value is -1.82. The lowest BCUT2D eigenvalue weighted by atomic mass is 9.89. The van der Waals surface area contributed by atoms with Crippen molar-refractivity contribution in [3.63, 3.8) is 0 Å². The summed E-state index contributed by atoms with van der Waals surface area (Å²) in [7, 11) is -3.69. The summed E-state index contributed by atoms with van der Waals surface area (Å²) in [6, 6.07) is 11.5. The first-order valence-electron chi connectivity index (χ1n) is 7.94. The molecule has 1 aliphatic rings. The largest absolute Gasteiger partial charge is 0.483 e. The van der Waals surface area contributed by atoms with Gasteiger partial charge in [-0.1, -0.05) is 41.9 Å². The van der Waals surface area contributed by atoms with E-state index in [-0.39, 0.29) is 4.90 Å². The van der Waals surface area contributed by atoms with Gasteiger partial charge in [0.1, 0.15) is 11.4 Å². The molecule has 25 heavy (non-hydrogen) atoms. The fourth-order valence-corrected chi connectivity index (χ4v) is 4.45. The van der Waals surface area contributed by atoms with E-state index in [9.17, 15) is 8.42 Å². The van der Waals surface area contributed by atoms with Gasteiger partial charge in [0.05, 0.1) is 10.9 Å². The molecular weight excluding hydrogens is 358 g/mol. The molecule has 0 amide bonds. The number of ether oxygens (including phenoxy) is 1. The molecular formula is C19H20ClNO3S. The van der Waals surface area contributed by atoms with Crippen molar-refractivity contribution in [1.82, 2.24) is 4.72 Å². The molecule has 2 aromatic carbocycles. The highest BCUT2D eigenvalue weighted by molar-refractivity contribution is 7.89. The summed E-state index contributed by atoms with van der Waals surface area (Å²) < 4.78 is 34.4. The van der Waals surface area contributed by atoms with E-state index in [2.05, 4.69) is 11.3 Å². The Morgan fingerprint density at radius 1 is 1.28 bits per heavy atom. The number of halogens is 1. The van der Waals surface area contributed by atoms with E-state index in [1.165, 1.54) is 0 Å². The molecule has 1 heterocycles. The van der Waals surface area contributed by atoms with Crippen LogP contribution >= 0.6 is 11.6 Å². The predicted molar refractivity (Wildman–Crippen MR) is 99.5 cm³/mol. The van der Waals surface area contributed by atoms with Gasteiger partial charge in [-0.05, 0) is 44.2 Å². The minimum absolute atomic E-state index is 0.221. The van der Waals surface area contributed by atoms with Crippen molar-refractivity contribution in [3.8, 4) is 5.75 Å². The van der Waals surface area contributed by atoms with Gasteiger partial charge in [-0.15, -0.1) is 0 Å². The quantitative estimate of drug-likeness (QED) is 0.803. The molecule has 0 aromatic heterocycles. The Morgan fingerprint density at radius 2 is 1.96 bits per heavy atom. The average Bonchev–Trinajstić information content (AvgIpc) is 2.54. The molecule has 0 saturated carbocycles. The minimum atomic E-state index is -3.69. The Kier molecular flexibility index (Phi) is 4.66. The molecule has 1 N–H and O–H groups in total. The number of sulfonamides is 1. The summed E-state index contributed by atoms with van der Waals surface area (Å²) >= 11 is 6.33. The normalized spacial score (nSPS) is 22.8. The third-order valence-corrected chi connectivity index (χ3v) is 6.19. The van der Waals surface area contributed by atoms with E-state index in [0.717, 1.165) is 5.56 Å². The zero-order valence-electron chi connectivity index (χ0n) is 14.1. The van der Waals surface area contributed by atoms with E-state index in [1.807, 2.05) is 13.8 Å². The summed E-state index contributed by atoms with van der Waals surface area (Å²) in [6.07, 6.45) is 2.09. The monoisotopic (exact) mass is 377 g/mol. The van der Waals surface area contributed by atoms with Crippen LogP contribution in [-0.4, -0.2) is 14.0 Å². The van der Waals surface area contributed by atoms with Gasteiger partial charge >= 0.3 is 0 Å². The molecule has 0 spiro atoms. The fraction of sp³-hybridized carbons (Fsp3) is 0.263. The molecule has 0 fully saturated rings. The molecule has 0 bridgehead atoms. The maximum absolute atomic E-state index is 12.8. The first kappa shape index (κ1) is 18.0. The van der Waals surface area contributed by atoms with Crippen LogP contribution in [0.5, 0.6) is 5.75 Å². The maximum atomic E-state index is 12.8. The van der Waals surface area contributed by atoms with Gasteiger partial charge in [0.25, 0.3) is 0 Å². The Balaban J connectivity index is 2.01. The molecule has 1 aliphatic heterocycles. The van der Waals surface area contributed by atoms with E-state index in [4.69, 9.17) is 16.3 Å². The number of nitrogens with one attached hydrogen (secondary N) is 1. The van der Waals surface area contributed by atoms with Crippen molar-refractivity contribution < 1.29 is 13.2 Å². The highest BCUT2D eigenvalue weighted by Gasteiger charge is 2.38. The van der Waals surface area contributed by atoms with Crippen LogP contribution in [0.4, 0.5) is 0 Å². The molecule has 0 aliphatic carbocycles. The lowest BCUT2D eigenvalue weighted by Gasteiger charge is -2.38. The molecule has 0 unspecified atom stereocenters. The average molecular weight is 378 g/mol. The van der Waals surface area contributed by atoms with Gasteiger partial charge in [0, 0.05) is 17.0 Å². The molecule has 0 saturated heterocycles. The van der Waals surface area contributed by atoms with Crippen molar-refractivity contribution >= 4 is 21.6 Å². The van der Waals surface area contributed by atoms with Gasteiger partial charge in [0.2, 0.25) is 10.0 Å². The number of hydrogen-bond donors (Lipinski definition) is 1. The minimum Gasteiger partial charge on any atom is -0.483 e. The molecule has 132 valence electrons. The summed E-state index contributed by atoms with van der Waals surface area (Å²) in [5.41, 5.74) is 0.967. The summed E-state index contributed by atoms with van der Waals surface area (Å²) in [5.74, 6) is 0.567. The maximum Gasteiger partial charge on any atom is 0.241 e. The number of benzene rings is 2. The van der Waals surface area contributed by atoms with Crippen LogP contribution in [0, 0.1) is 6.92 Å². The standard InChI is InChI=1S/C19H20ClNO3S/c1-4-19(3)12-16(18-15(20)6-5-7-17(18)24-19)21-25(22,23)14-10-8-13(2)9-11-14/h4-11,16,21H,1,12H2,2-3H3/t16-,19+/m1/s1. The van der Waals surface area contributed by atoms with Crippen LogP contribution in [0.2, 0.25) is 5.02 Å². The van der Waals surface area contributed by atoms with Crippen molar-refractivity contribution in [2.45, 2.75) is 36.8 Å². The molecule has 2 atom stereocenters. The highest BCUT2D eigenvalue weighted by atomic mass is 35.5. The topological polar surface area (TPSA) is 55.4 Å². The van der Waals surface area contributed by atoms with Gasteiger partial charge in [0.15, 0.2) is 0 Å². The van der Waals surface area contributed by atoms with Crippen LogP contribution < -0.4 is 9.46 Å². The number of aryl methyl sites for hydroxylation is 1. The van der Waals surface area contributed by atoms with E-state index >= 15 is 0 Å². The fourth-order valence-electron chi connectivity index (χ4n) is 2.94. The zero-order chi connectivity index (χ0) is 18.2. The van der Waals surface area contributed by atoms with Gasteiger partial charge in [-0.3, -0.25) is 0 Å². The molecule has 2 aromatic rings. The first-order valence-corrected chi connectivity index (χ1v) is 9.80. The smallest absolute Gasteiger partial charge is 0.241 e. The molecule has 6 heteroatoms. The molecule has 0 radical (unpaired) electrons. The third kappa shape index (κ3) is 3.59. The predicted octanol–water partition coefficient (Wildman–Crippen LogP) is 4.40. The van der Waals surface area contributed by atoms with Crippen molar-refractivity contribution in [1.29, 1.82) is 0 Å². The Labute approximate surface area is 153 Å². The number of hydrogen-bond acceptors (Lipinski definition) is 3. The second-order valence-electron chi connectivity index (χ2n) is 6.46. The highest BCUT2D eigenvalue weighted by Crippen LogP contribution is 2.44. The SMILES string of the molecule is C=C[C@@]1(C)C[C@@H](NS(=O)(=O)c2ccc(C)cc2)c2c(Cl)cccc2O1. The van der Waals surface area contributed by atoms with Gasteiger partial charge in [-0.2, -0.15) is 0 Å². The van der Waals surface area contributed by atoms with Crippen LogP contribution in [0.25, 0.3) is 0 Å². The second kappa shape index (κ2) is 6.48. The zero-order valence-corrected chi connectivity index (χ0v) is 15.7. The van der Waals surface area contributed by atoms with Crippen LogP contribution in [0.1, 0.15) is 30.5 Å². The molecule has 3 rings (SSSR count). The van der Waals surface area contributed by atoms with Crippen LogP contribution in [0.3, 0.4) is 0 Å². The summed E-state index contributed by atoms with van der Waals surface area (Å²) in [4.78, 5) is 0.221. The Morgan fingerprint density at radius 3 is 2.60 bits per heavy atom. The van der Waals surface area contributed by atoms with Gasteiger partial charge < -0.3 is 4.74 Å². The van der Waals surface area contributed by atoms with E-state index < -0.39 is 21.7 Å². The second-order valence-corrected chi connectivity index (χ2v) is 8.58. The van der Waals surface area contributed by atoms with Crippen LogP contribution in [0.15, 0.2) is 60.0 Å². The Bertz CT molecular complexity index is 909. The van der Waals surface area contributed by atoms with E-state index in [1.54, 1.807) is 48.5 Å². The van der Waals surface area contributed by atoms with E-state index in [0.29, 0.717) is 22.8 Å². The number of fused-ring (bicyclic) bond motifs is 1. The third-order valence-electron chi connectivity index (χ3n) is 4.37. The lowest BCUT2D eigenvalue weighted by molar-refractivity contribution is 0.0988.